The maximum Gasteiger partial charge on any atom is 0.318 e. The fourth-order valence-corrected chi connectivity index (χ4v) is 3.92. The highest BCUT2D eigenvalue weighted by Crippen LogP contribution is 2.24. The zero-order valence-corrected chi connectivity index (χ0v) is 15.4. The first-order valence-corrected chi connectivity index (χ1v) is 9.65. The van der Waals surface area contributed by atoms with Crippen LogP contribution in [0.15, 0.2) is 48.8 Å². The van der Waals surface area contributed by atoms with Crippen LogP contribution in [0.2, 0.25) is 0 Å². The molecule has 3 heterocycles. The van der Waals surface area contributed by atoms with Crippen molar-refractivity contribution in [2.45, 2.75) is 31.3 Å². The van der Waals surface area contributed by atoms with Gasteiger partial charge in [-0.15, -0.1) is 0 Å². The van der Waals surface area contributed by atoms with Gasteiger partial charge >= 0.3 is 6.03 Å². The molecular formula is C21H25FN4O. The molecule has 0 aliphatic carbocycles. The van der Waals surface area contributed by atoms with Crippen molar-refractivity contribution in [1.29, 1.82) is 0 Å². The number of amides is 2. The zero-order chi connectivity index (χ0) is 18.6. The number of piperidine rings is 1. The van der Waals surface area contributed by atoms with E-state index in [2.05, 4.69) is 15.2 Å². The molecule has 2 aliphatic rings. The Hall–Kier alpha value is -2.47. The number of hydrogen-bond acceptors (Lipinski definition) is 3. The van der Waals surface area contributed by atoms with E-state index in [0.717, 1.165) is 37.3 Å². The SMILES string of the molecule is O=C(NC(c1ccncc1)c1ccc(F)cc1)N1CC(N2CCCCC2)C1. The third-order valence-corrected chi connectivity index (χ3v) is 5.57. The number of urea groups is 1. The van der Waals surface area contributed by atoms with Gasteiger partial charge in [-0.3, -0.25) is 9.88 Å². The minimum absolute atomic E-state index is 0.0746. The van der Waals surface area contributed by atoms with Gasteiger partial charge in [-0.2, -0.15) is 0 Å². The van der Waals surface area contributed by atoms with Gasteiger partial charge in [0.2, 0.25) is 0 Å². The van der Waals surface area contributed by atoms with Gasteiger partial charge in [0.05, 0.1) is 6.04 Å². The van der Waals surface area contributed by atoms with Gasteiger partial charge in [0.15, 0.2) is 0 Å². The molecule has 2 aromatic rings. The summed E-state index contributed by atoms with van der Waals surface area (Å²) >= 11 is 0. The standard InChI is InChI=1S/C21H25FN4O/c22-18-6-4-16(5-7-18)20(17-8-10-23-11-9-17)24-21(27)26-14-19(15-26)25-12-2-1-3-13-25/h4-11,19-20H,1-3,12-15H2,(H,24,27). The van der Waals surface area contributed by atoms with Crippen molar-refractivity contribution in [2.24, 2.45) is 0 Å². The normalized spacial score (nSPS) is 19.4. The largest absolute Gasteiger partial charge is 0.327 e. The molecule has 1 atom stereocenters. The number of carbonyl (C=O) groups excluding carboxylic acids is 1. The lowest BCUT2D eigenvalue weighted by molar-refractivity contribution is 0.0445. The fraction of sp³-hybridized carbons (Fsp3) is 0.429. The Labute approximate surface area is 159 Å². The van der Waals surface area contributed by atoms with Gasteiger partial charge < -0.3 is 10.2 Å². The number of nitrogens with one attached hydrogen (secondary N) is 1. The molecule has 0 saturated carbocycles. The van der Waals surface area contributed by atoms with Crippen LogP contribution in [0.25, 0.3) is 0 Å². The second-order valence-corrected chi connectivity index (χ2v) is 7.37. The molecule has 1 aromatic carbocycles. The summed E-state index contributed by atoms with van der Waals surface area (Å²) in [6.45, 7) is 3.85. The molecule has 1 N–H and O–H groups in total. The fourth-order valence-electron chi connectivity index (χ4n) is 3.92. The van der Waals surface area contributed by atoms with Crippen molar-refractivity contribution >= 4 is 6.03 Å². The highest BCUT2D eigenvalue weighted by atomic mass is 19.1. The lowest BCUT2D eigenvalue weighted by Gasteiger charge is -2.46. The second kappa shape index (κ2) is 8.05. The number of hydrogen-bond donors (Lipinski definition) is 1. The van der Waals surface area contributed by atoms with Crippen molar-refractivity contribution in [3.05, 3.63) is 65.7 Å². The van der Waals surface area contributed by atoms with E-state index in [1.807, 2.05) is 17.0 Å². The minimum Gasteiger partial charge on any atom is -0.327 e. The summed E-state index contributed by atoms with van der Waals surface area (Å²) in [6, 6.07) is 10.1. The Morgan fingerprint density at radius 1 is 1.00 bits per heavy atom. The quantitative estimate of drug-likeness (QED) is 0.902. The summed E-state index contributed by atoms with van der Waals surface area (Å²) in [4.78, 5) is 21.2. The number of benzene rings is 1. The monoisotopic (exact) mass is 368 g/mol. The number of nitrogens with zero attached hydrogens (tertiary/aromatic N) is 3. The lowest BCUT2D eigenvalue weighted by atomic mass is 9.99. The van der Waals surface area contributed by atoms with E-state index >= 15 is 0 Å². The summed E-state index contributed by atoms with van der Waals surface area (Å²) in [6.07, 6.45) is 7.25. The maximum atomic E-state index is 13.3. The number of pyridine rings is 1. The van der Waals surface area contributed by atoms with Crippen molar-refractivity contribution in [3.8, 4) is 0 Å². The van der Waals surface area contributed by atoms with Crippen molar-refractivity contribution in [3.63, 3.8) is 0 Å². The molecule has 0 bridgehead atoms. The van der Waals surface area contributed by atoms with Gasteiger partial charge in [-0.25, -0.2) is 9.18 Å². The first-order valence-electron chi connectivity index (χ1n) is 9.65. The number of carbonyl (C=O) groups is 1. The van der Waals surface area contributed by atoms with Crippen molar-refractivity contribution in [1.82, 2.24) is 20.1 Å². The molecule has 0 radical (unpaired) electrons. The molecule has 2 fully saturated rings. The van der Waals surface area contributed by atoms with Crippen LogP contribution in [-0.4, -0.2) is 53.0 Å². The zero-order valence-electron chi connectivity index (χ0n) is 15.4. The Bertz CT molecular complexity index is 756. The average molecular weight is 368 g/mol. The molecule has 1 aromatic heterocycles. The molecule has 4 rings (SSSR count). The van der Waals surface area contributed by atoms with Gasteiger partial charge in [0, 0.05) is 31.5 Å². The number of likely N-dealkylation sites (tertiary alicyclic amines) is 2. The molecule has 2 amide bonds. The van der Waals surface area contributed by atoms with Crippen LogP contribution < -0.4 is 5.32 Å². The van der Waals surface area contributed by atoms with Crippen LogP contribution in [0.1, 0.15) is 36.4 Å². The van der Waals surface area contributed by atoms with Gasteiger partial charge in [-0.05, 0) is 61.3 Å². The summed E-state index contributed by atoms with van der Waals surface area (Å²) in [5.41, 5.74) is 1.78. The van der Waals surface area contributed by atoms with E-state index < -0.39 is 0 Å². The van der Waals surface area contributed by atoms with E-state index in [-0.39, 0.29) is 17.9 Å². The minimum atomic E-state index is -0.324. The van der Waals surface area contributed by atoms with Crippen LogP contribution in [0.4, 0.5) is 9.18 Å². The van der Waals surface area contributed by atoms with E-state index in [1.54, 1.807) is 24.5 Å². The predicted molar refractivity (Wildman–Crippen MR) is 102 cm³/mol. The summed E-state index contributed by atoms with van der Waals surface area (Å²) in [5, 5.41) is 3.11. The van der Waals surface area contributed by atoms with Gasteiger partial charge in [-0.1, -0.05) is 18.6 Å². The van der Waals surface area contributed by atoms with Crippen molar-refractivity contribution < 1.29 is 9.18 Å². The Kier molecular flexibility index (Phi) is 5.34. The van der Waals surface area contributed by atoms with E-state index in [9.17, 15) is 9.18 Å². The van der Waals surface area contributed by atoms with Crippen LogP contribution in [0.3, 0.4) is 0 Å². The molecule has 2 aliphatic heterocycles. The smallest absolute Gasteiger partial charge is 0.318 e. The van der Waals surface area contributed by atoms with Gasteiger partial charge in [0.1, 0.15) is 5.82 Å². The van der Waals surface area contributed by atoms with Crippen LogP contribution >= 0.6 is 0 Å². The highest BCUT2D eigenvalue weighted by Gasteiger charge is 2.36. The second-order valence-electron chi connectivity index (χ2n) is 7.37. The highest BCUT2D eigenvalue weighted by molar-refractivity contribution is 5.76. The Morgan fingerprint density at radius 3 is 2.30 bits per heavy atom. The first kappa shape index (κ1) is 17.9. The Morgan fingerprint density at radius 2 is 1.63 bits per heavy atom. The summed E-state index contributed by atoms with van der Waals surface area (Å²) in [5.74, 6) is -0.286. The lowest BCUT2D eigenvalue weighted by Crippen LogP contribution is -2.63. The van der Waals surface area contributed by atoms with E-state index in [0.29, 0.717) is 6.04 Å². The van der Waals surface area contributed by atoms with Crippen LogP contribution in [0.5, 0.6) is 0 Å². The molecular weight excluding hydrogens is 343 g/mol. The number of rotatable bonds is 4. The first-order chi connectivity index (χ1) is 13.2. The molecule has 6 heteroatoms. The molecule has 0 spiro atoms. The predicted octanol–water partition coefficient (Wildman–Crippen LogP) is 3.19. The van der Waals surface area contributed by atoms with Crippen molar-refractivity contribution in [2.75, 3.05) is 26.2 Å². The molecule has 27 heavy (non-hydrogen) atoms. The Balaban J connectivity index is 1.42. The average Bonchev–Trinajstić information content (AvgIpc) is 2.67. The summed E-state index contributed by atoms with van der Waals surface area (Å²) in [7, 11) is 0. The maximum absolute atomic E-state index is 13.3. The van der Waals surface area contributed by atoms with E-state index in [1.165, 1.54) is 31.4 Å². The topological polar surface area (TPSA) is 48.5 Å². The number of halogens is 1. The molecule has 5 nitrogen and oxygen atoms in total. The third kappa shape index (κ3) is 4.11. The van der Waals surface area contributed by atoms with Crippen LogP contribution in [0, 0.1) is 5.82 Å². The van der Waals surface area contributed by atoms with Crippen LogP contribution in [-0.2, 0) is 0 Å². The molecule has 2 saturated heterocycles. The van der Waals surface area contributed by atoms with Gasteiger partial charge in [0.25, 0.3) is 0 Å². The number of aromatic nitrogens is 1. The molecule has 1 unspecified atom stereocenters. The third-order valence-electron chi connectivity index (χ3n) is 5.57. The van der Waals surface area contributed by atoms with E-state index in [4.69, 9.17) is 0 Å². The summed E-state index contributed by atoms with van der Waals surface area (Å²) < 4.78 is 13.3. The molecule has 142 valence electrons.